The van der Waals surface area contributed by atoms with Gasteiger partial charge in [-0.15, -0.1) is 0 Å². The minimum Gasteiger partial charge on any atom is -0.381 e. The van der Waals surface area contributed by atoms with Crippen LogP contribution >= 0.6 is 0 Å². The molecule has 1 unspecified atom stereocenters. The van der Waals surface area contributed by atoms with E-state index in [4.69, 9.17) is 4.74 Å². The first-order valence-electron chi connectivity index (χ1n) is 5.07. The summed E-state index contributed by atoms with van der Waals surface area (Å²) in [5, 5.41) is 3.52. The Morgan fingerprint density at radius 2 is 2.08 bits per heavy atom. The van der Waals surface area contributed by atoms with E-state index in [-0.39, 0.29) is 0 Å². The van der Waals surface area contributed by atoms with Crippen molar-refractivity contribution in [2.45, 2.75) is 45.3 Å². The maximum atomic E-state index is 5.26. The Bertz CT molecular complexity index is 121. The Labute approximate surface area is 75.7 Å². The van der Waals surface area contributed by atoms with Crippen molar-refractivity contribution in [2.24, 2.45) is 5.92 Å². The van der Waals surface area contributed by atoms with Crippen LogP contribution in [-0.4, -0.2) is 25.8 Å². The Balaban J connectivity index is 2.19. The summed E-state index contributed by atoms with van der Waals surface area (Å²) < 4.78 is 5.26. The van der Waals surface area contributed by atoms with Crippen molar-refractivity contribution in [1.82, 2.24) is 5.32 Å². The normalized spacial score (nSPS) is 31.2. The van der Waals surface area contributed by atoms with Gasteiger partial charge in [0.1, 0.15) is 0 Å². The highest BCUT2D eigenvalue weighted by molar-refractivity contribution is 4.87. The minimum atomic E-state index is 0.544. The third-order valence-electron chi connectivity index (χ3n) is 2.94. The van der Waals surface area contributed by atoms with Gasteiger partial charge in [-0.05, 0) is 31.7 Å². The van der Waals surface area contributed by atoms with Gasteiger partial charge in [0, 0.05) is 13.2 Å². The van der Waals surface area contributed by atoms with Crippen LogP contribution in [0.2, 0.25) is 0 Å². The zero-order valence-electron chi connectivity index (χ0n) is 8.47. The molecule has 1 atom stereocenters. The van der Waals surface area contributed by atoms with Gasteiger partial charge in [0.2, 0.25) is 0 Å². The molecule has 0 saturated heterocycles. The Kier molecular flexibility index (Phi) is 4.02. The molecule has 0 amide bonds. The van der Waals surface area contributed by atoms with Crippen LogP contribution in [0.1, 0.15) is 33.1 Å². The van der Waals surface area contributed by atoms with E-state index >= 15 is 0 Å². The molecular formula is C10H21NO. The molecule has 0 aromatic heterocycles. The van der Waals surface area contributed by atoms with E-state index < -0.39 is 0 Å². The molecule has 72 valence electrons. The van der Waals surface area contributed by atoms with E-state index in [1.54, 1.807) is 0 Å². The fourth-order valence-corrected chi connectivity index (χ4v) is 2.03. The van der Waals surface area contributed by atoms with Crippen molar-refractivity contribution in [3.63, 3.8) is 0 Å². The average Bonchev–Trinajstić information content (AvgIpc) is 2.01. The standard InChI is InChI=1S/C10H21NO/c1-4-10(11-5-2)8-6-9(7-8)12-3/h8-11H,4-7H2,1-3H3. The highest BCUT2D eigenvalue weighted by atomic mass is 16.5. The largest absolute Gasteiger partial charge is 0.381 e. The van der Waals surface area contributed by atoms with Crippen LogP contribution in [0.25, 0.3) is 0 Å². The highest BCUT2D eigenvalue weighted by Gasteiger charge is 2.33. The molecule has 1 aliphatic carbocycles. The lowest BCUT2D eigenvalue weighted by Gasteiger charge is -2.39. The minimum absolute atomic E-state index is 0.544. The fourth-order valence-electron chi connectivity index (χ4n) is 2.03. The van der Waals surface area contributed by atoms with Crippen molar-refractivity contribution >= 4 is 0 Å². The van der Waals surface area contributed by atoms with Crippen LogP contribution in [0.15, 0.2) is 0 Å². The molecule has 0 aromatic rings. The second kappa shape index (κ2) is 4.83. The molecule has 0 heterocycles. The summed E-state index contributed by atoms with van der Waals surface area (Å²) in [6.45, 7) is 5.52. The summed E-state index contributed by atoms with van der Waals surface area (Å²) in [5.74, 6) is 0.861. The molecule has 12 heavy (non-hydrogen) atoms. The van der Waals surface area contributed by atoms with E-state index in [2.05, 4.69) is 19.2 Å². The number of nitrogens with one attached hydrogen (secondary N) is 1. The van der Waals surface area contributed by atoms with E-state index in [1.807, 2.05) is 7.11 Å². The number of hydrogen-bond acceptors (Lipinski definition) is 2. The van der Waals surface area contributed by atoms with E-state index in [0.717, 1.165) is 18.5 Å². The van der Waals surface area contributed by atoms with Crippen molar-refractivity contribution in [1.29, 1.82) is 0 Å². The Morgan fingerprint density at radius 1 is 1.42 bits per heavy atom. The first-order chi connectivity index (χ1) is 5.81. The summed E-state index contributed by atoms with van der Waals surface area (Å²) in [6, 6.07) is 0.724. The van der Waals surface area contributed by atoms with Gasteiger partial charge in [-0.3, -0.25) is 0 Å². The predicted octanol–water partition coefficient (Wildman–Crippen LogP) is 1.80. The van der Waals surface area contributed by atoms with Crippen LogP contribution in [0.3, 0.4) is 0 Å². The number of rotatable bonds is 5. The molecule has 1 rings (SSSR count). The van der Waals surface area contributed by atoms with Crippen molar-refractivity contribution in [2.75, 3.05) is 13.7 Å². The molecular weight excluding hydrogens is 150 g/mol. The third-order valence-corrected chi connectivity index (χ3v) is 2.94. The summed E-state index contributed by atoms with van der Waals surface area (Å²) in [6.07, 6.45) is 4.29. The molecule has 0 bridgehead atoms. The Morgan fingerprint density at radius 3 is 2.50 bits per heavy atom. The molecule has 1 aliphatic rings. The lowest BCUT2D eigenvalue weighted by atomic mass is 9.76. The van der Waals surface area contributed by atoms with Gasteiger partial charge < -0.3 is 10.1 Å². The van der Waals surface area contributed by atoms with Crippen LogP contribution in [-0.2, 0) is 4.74 Å². The van der Waals surface area contributed by atoms with Crippen molar-refractivity contribution < 1.29 is 4.74 Å². The van der Waals surface area contributed by atoms with Gasteiger partial charge >= 0.3 is 0 Å². The number of methoxy groups -OCH3 is 1. The average molecular weight is 171 g/mol. The maximum absolute atomic E-state index is 5.26. The highest BCUT2D eigenvalue weighted by Crippen LogP contribution is 2.33. The molecule has 2 nitrogen and oxygen atoms in total. The quantitative estimate of drug-likeness (QED) is 0.681. The maximum Gasteiger partial charge on any atom is 0.0577 e. The first kappa shape index (κ1) is 10.0. The second-order valence-electron chi connectivity index (χ2n) is 3.66. The molecule has 1 fully saturated rings. The molecule has 1 N–H and O–H groups in total. The first-order valence-corrected chi connectivity index (χ1v) is 5.07. The number of ether oxygens (including phenoxy) is 1. The molecule has 1 saturated carbocycles. The predicted molar refractivity (Wildman–Crippen MR) is 51.3 cm³/mol. The second-order valence-corrected chi connectivity index (χ2v) is 3.66. The van der Waals surface area contributed by atoms with Crippen LogP contribution in [0.4, 0.5) is 0 Å². The molecule has 0 spiro atoms. The summed E-state index contributed by atoms with van der Waals surface area (Å²) in [5.41, 5.74) is 0. The molecule has 0 radical (unpaired) electrons. The van der Waals surface area contributed by atoms with Crippen molar-refractivity contribution in [3.05, 3.63) is 0 Å². The third kappa shape index (κ3) is 2.20. The van der Waals surface area contributed by atoms with Crippen LogP contribution in [0, 0.1) is 5.92 Å². The molecule has 0 aliphatic heterocycles. The van der Waals surface area contributed by atoms with Gasteiger partial charge in [-0.2, -0.15) is 0 Å². The van der Waals surface area contributed by atoms with Crippen LogP contribution < -0.4 is 5.32 Å². The van der Waals surface area contributed by atoms with Gasteiger partial charge in [-0.25, -0.2) is 0 Å². The van der Waals surface area contributed by atoms with Gasteiger partial charge in [0.15, 0.2) is 0 Å². The zero-order valence-corrected chi connectivity index (χ0v) is 8.47. The van der Waals surface area contributed by atoms with E-state index in [1.165, 1.54) is 19.3 Å². The Hall–Kier alpha value is -0.0800. The SMILES string of the molecule is CCNC(CC)C1CC(OC)C1. The fraction of sp³-hybridized carbons (Fsp3) is 1.00. The smallest absolute Gasteiger partial charge is 0.0577 e. The summed E-state index contributed by atoms with van der Waals surface area (Å²) in [7, 11) is 1.81. The van der Waals surface area contributed by atoms with Crippen molar-refractivity contribution in [3.8, 4) is 0 Å². The topological polar surface area (TPSA) is 21.3 Å². The molecule has 2 heteroatoms. The summed E-state index contributed by atoms with van der Waals surface area (Å²) in [4.78, 5) is 0. The lowest BCUT2D eigenvalue weighted by molar-refractivity contribution is -0.0123. The zero-order chi connectivity index (χ0) is 8.97. The molecule has 0 aromatic carbocycles. The van der Waals surface area contributed by atoms with Gasteiger partial charge in [0.05, 0.1) is 6.10 Å². The summed E-state index contributed by atoms with van der Waals surface area (Å²) >= 11 is 0. The lowest BCUT2D eigenvalue weighted by Crippen LogP contribution is -2.45. The number of hydrogen-bond donors (Lipinski definition) is 1. The van der Waals surface area contributed by atoms with E-state index in [9.17, 15) is 0 Å². The van der Waals surface area contributed by atoms with E-state index in [0.29, 0.717) is 6.10 Å². The monoisotopic (exact) mass is 171 g/mol. The van der Waals surface area contributed by atoms with Gasteiger partial charge in [-0.1, -0.05) is 13.8 Å². The van der Waals surface area contributed by atoms with Crippen LogP contribution in [0.5, 0.6) is 0 Å². The van der Waals surface area contributed by atoms with Gasteiger partial charge in [0.25, 0.3) is 0 Å².